The van der Waals surface area contributed by atoms with Crippen molar-refractivity contribution >= 4 is 33.7 Å². The van der Waals surface area contributed by atoms with Gasteiger partial charge in [0.05, 0.1) is 17.2 Å². The number of rotatable bonds is 2. The second-order valence-corrected chi connectivity index (χ2v) is 8.35. The summed E-state index contributed by atoms with van der Waals surface area (Å²) in [5.41, 5.74) is 3.52. The first-order valence-corrected chi connectivity index (χ1v) is 10.4. The lowest BCUT2D eigenvalue weighted by Gasteiger charge is -2.24. The van der Waals surface area contributed by atoms with E-state index in [0.717, 1.165) is 26.1 Å². The molecule has 0 aliphatic carbocycles. The van der Waals surface area contributed by atoms with E-state index in [1.165, 1.54) is 0 Å². The molecule has 3 amide bonds. The maximum atomic E-state index is 13.3. The van der Waals surface area contributed by atoms with Gasteiger partial charge in [-0.05, 0) is 41.0 Å². The zero-order valence-corrected chi connectivity index (χ0v) is 17.4. The lowest BCUT2D eigenvalue weighted by atomic mass is 9.93. The van der Waals surface area contributed by atoms with Gasteiger partial charge in [-0.25, -0.2) is 0 Å². The third kappa shape index (κ3) is 2.95. The fourth-order valence-corrected chi connectivity index (χ4v) is 4.50. The number of imide groups is 1. The van der Waals surface area contributed by atoms with E-state index in [4.69, 9.17) is 0 Å². The third-order valence-electron chi connectivity index (χ3n) is 5.71. The van der Waals surface area contributed by atoms with Crippen molar-refractivity contribution in [1.29, 1.82) is 0 Å². The topological polar surface area (TPSA) is 66.5 Å². The minimum Gasteiger partial charge on any atom is -0.343 e. The number of hydrogen-bond donors (Lipinski definition) is 1. The van der Waals surface area contributed by atoms with Gasteiger partial charge in [-0.3, -0.25) is 19.3 Å². The van der Waals surface area contributed by atoms with Crippen LogP contribution in [0.25, 0.3) is 0 Å². The first-order chi connectivity index (χ1) is 14.5. The molecule has 0 unspecified atom stereocenters. The van der Waals surface area contributed by atoms with E-state index in [1.807, 2.05) is 48.5 Å². The smallest absolute Gasteiger partial charge is 0.262 e. The summed E-state index contributed by atoms with van der Waals surface area (Å²) in [7, 11) is 0. The molecule has 0 aromatic heterocycles. The standard InChI is InChI=1S/C24H17BrN2O3/c25-16-11-9-14(10-12-16)21-17-6-2-1-5-15(17)13-20(22(28)26-21)27-23(29)18-7-3-4-8-19(18)24(27)30/h1-12,20-21H,13H2,(H,26,28)/t20-,21+/m0/s1. The summed E-state index contributed by atoms with van der Waals surface area (Å²) in [6.45, 7) is 0. The van der Waals surface area contributed by atoms with Crippen LogP contribution in [0.3, 0.4) is 0 Å². The normalized spacial score (nSPS) is 20.4. The van der Waals surface area contributed by atoms with E-state index >= 15 is 0 Å². The Hall–Kier alpha value is -3.25. The Morgan fingerprint density at radius 2 is 1.40 bits per heavy atom. The molecule has 0 saturated carbocycles. The van der Waals surface area contributed by atoms with E-state index in [1.54, 1.807) is 24.3 Å². The highest BCUT2D eigenvalue weighted by molar-refractivity contribution is 9.10. The average Bonchev–Trinajstić information content (AvgIpc) is 2.92. The SMILES string of the molecule is O=C1N[C@H](c2ccc(Br)cc2)c2ccccc2C[C@@H]1N1C(=O)c2ccccc2C1=O. The van der Waals surface area contributed by atoms with Crippen LogP contribution in [-0.4, -0.2) is 28.7 Å². The van der Waals surface area contributed by atoms with Crippen LogP contribution in [-0.2, 0) is 11.2 Å². The summed E-state index contributed by atoms with van der Waals surface area (Å²) >= 11 is 3.44. The predicted molar refractivity (Wildman–Crippen MR) is 115 cm³/mol. The van der Waals surface area contributed by atoms with Crippen LogP contribution in [0.2, 0.25) is 0 Å². The molecule has 2 heterocycles. The lowest BCUT2D eigenvalue weighted by Crippen LogP contribution is -2.50. The average molecular weight is 461 g/mol. The number of nitrogens with zero attached hydrogens (tertiary/aromatic N) is 1. The molecular formula is C24H17BrN2O3. The molecule has 0 spiro atoms. The molecule has 5 rings (SSSR count). The minimum atomic E-state index is -0.904. The highest BCUT2D eigenvalue weighted by Crippen LogP contribution is 2.33. The van der Waals surface area contributed by atoms with Gasteiger partial charge in [0.25, 0.3) is 11.8 Å². The molecule has 0 bridgehead atoms. The Kier molecular flexibility index (Phi) is 4.51. The van der Waals surface area contributed by atoms with Crippen molar-refractivity contribution in [3.8, 4) is 0 Å². The van der Waals surface area contributed by atoms with Gasteiger partial charge in [0.2, 0.25) is 5.91 Å². The van der Waals surface area contributed by atoms with Crippen LogP contribution < -0.4 is 5.32 Å². The molecule has 2 aliphatic heterocycles. The molecule has 5 nitrogen and oxygen atoms in total. The van der Waals surface area contributed by atoms with Gasteiger partial charge in [0, 0.05) is 10.9 Å². The highest BCUT2D eigenvalue weighted by atomic mass is 79.9. The molecule has 30 heavy (non-hydrogen) atoms. The molecule has 1 N–H and O–H groups in total. The van der Waals surface area contributed by atoms with E-state index in [-0.39, 0.29) is 18.4 Å². The largest absolute Gasteiger partial charge is 0.343 e. The molecule has 6 heteroatoms. The van der Waals surface area contributed by atoms with E-state index in [9.17, 15) is 14.4 Å². The second-order valence-electron chi connectivity index (χ2n) is 7.44. The predicted octanol–water partition coefficient (Wildman–Crippen LogP) is 3.88. The highest BCUT2D eigenvalue weighted by Gasteiger charge is 2.44. The maximum absolute atomic E-state index is 13.3. The zero-order valence-electron chi connectivity index (χ0n) is 15.8. The molecule has 0 fully saturated rings. The molecule has 148 valence electrons. The van der Waals surface area contributed by atoms with Crippen LogP contribution in [0, 0.1) is 0 Å². The number of carbonyl (C=O) groups excluding carboxylic acids is 3. The van der Waals surface area contributed by atoms with E-state index in [2.05, 4.69) is 21.2 Å². The van der Waals surface area contributed by atoms with E-state index in [0.29, 0.717) is 11.1 Å². The Morgan fingerprint density at radius 3 is 2.07 bits per heavy atom. The molecule has 3 aromatic carbocycles. The van der Waals surface area contributed by atoms with Crippen LogP contribution in [0.15, 0.2) is 77.3 Å². The van der Waals surface area contributed by atoms with Crippen molar-refractivity contribution in [3.05, 3.63) is 105 Å². The molecule has 0 radical (unpaired) electrons. The van der Waals surface area contributed by atoms with Gasteiger partial charge in [0.1, 0.15) is 6.04 Å². The second kappa shape index (κ2) is 7.22. The number of amides is 3. The van der Waals surface area contributed by atoms with Crippen molar-refractivity contribution in [2.75, 3.05) is 0 Å². The third-order valence-corrected chi connectivity index (χ3v) is 6.24. The van der Waals surface area contributed by atoms with E-state index < -0.39 is 17.9 Å². The molecule has 3 aromatic rings. The molecule has 0 saturated heterocycles. The van der Waals surface area contributed by atoms with Crippen molar-refractivity contribution in [2.45, 2.75) is 18.5 Å². The maximum Gasteiger partial charge on any atom is 0.262 e. The molecule has 2 atom stereocenters. The minimum absolute atomic E-state index is 0.278. The number of hydrogen-bond acceptors (Lipinski definition) is 3. The van der Waals surface area contributed by atoms with Crippen LogP contribution in [0.1, 0.15) is 43.4 Å². The first kappa shape index (κ1) is 18.8. The van der Waals surface area contributed by atoms with Gasteiger partial charge in [0.15, 0.2) is 0 Å². The Morgan fingerprint density at radius 1 is 0.800 bits per heavy atom. The molecular weight excluding hydrogens is 444 g/mol. The fourth-order valence-electron chi connectivity index (χ4n) is 4.24. The Bertz CT molecular complexity index is 1150. The summed E-state index contributed by atoms with van der Waals surface area (Å²) in [6, 6.07) is 21.0. The summed E-state index contributed by atoms with van der Waals surface area (Å²) < 4.78 is 0.948. The quantitative estimate of drug-likeness (QED) is 0.590. The Labute approximate surface area is 181 Å². The summed E-state index contributed by atoms with van der Waals surface area (Å²) in [4.78, 5) is 40.4. The Balaban J connectivity index is 1.57. The number of fused-ring (bicyclic) bond motifs is 2. The number of carbonyl (C=O) groups is 3. The summed E-state index contributed by atoms with van der Waals surface area (Å²) in [6.07, 6.45) is 0.278. The van der Waals surface area contributed by atoms with Gasteiger partial charge in [-0.15, -0.1) is 0 Å². The number of nitrogens with one attached hydrogen (secondary N) is 1. The van der Waals surface area contributed by atoms with Crippen LogP contribution in [0.4, 0.5) is 0 Å². The number of halogens is 1. The van der Waals surface area contributed by atoms with Crippen LogP contribution in [0.5, 0.6) is 0 Å². The van der Waals surface area contributed by atoms with Crippen molar-refractivity contribution < 1.29 is 14.4 Å². The fraction of sp³-hybridized carbons (Fsp3) is 0.125. The van der Waals surface area contributed by atoms with Crippen LogP contribution >= 0.6 is 15.9 Å². The first-order valence-electron chi connectivity index (χ1n) is 9.65. The van der Waals surface area contributed by atoms with Gasteiger partial charge in [-0.1, -0.05) is 64.5 Å². The van der Waals surface area contributed by atoms with Crippen molar-refractivity contribution in [1.82, 2.24) is 10.2 Å². The van der Waals surface area contributed by atoms with Crippen molar-refractivity contribution in [3.63, 3.8) is 0 Å². The molecule has 2 aliphatic rings. The number of benzene rings is 3. The van der Waals surface area contributed by atoms with Gasteiger partial charge < -0.3 is 5.32 Å². The summed E-state index contributed by atoms with van der Waals surface area (Å²) in [5.74, 6) is -1.18. The summed E-state index contributed by atoms with van der Waals surface area (Å²) in [5, 5.41) is 3.07. The lowest BCUT2D eigenvalue weighted by molar-refractivity contribution is -0.125. The van der Waals surface area contributed by atoms with Gasteiger partial charge >= 0.3 is 0 Å². The van der Waals surface area contributed by atoms with Crippen molar-refractivity contribution in [2.24, 2.45) is 0 Å². The monoisotopic (exact) mass is 460 g/mol. The van der Waals surface area contributed by atoms with Gasteiger partial charge in [-0.2, -0.15) is 0 Å². The zero-order chi connectivity index (χ0) is 20.8.